The summed E-state index contributed by atoms with van der Waals surface area (Å²) in [6, 6.07) is 14.4. The van der Waals surface area contributed by atoms with E-state index in [2.05, 4.69) is 63.0 Å². The molecule has 0 saturated carbocycles. The van der Waals surface area contributed by atoms with E-state index in [-0.39, 0.29) is 24.0 Å². The van der Waals surface area contributed by atoms with Gasteiger partial charge < -0.3 is 15.6 Å². The molecule has 0 radical (unpaired) electrons. The number of aliphatic imine (C=N–C) groups is 1. The van der Waals surface area contributed by atoms with E-state index >= 15 is 0 Å². The predicted octanol–water partition coefficient (Wildman–Crippen LogP) is 3.52. The zero-order valence-corrected chi connectivity index (χ0v) is 17.4. The Morgan fingerprint density at radius 2 is 1.92 bits per heavy atom. The van der Waals surface area contributed by atoms with E-state index in [1.165, 1.54) is 16.5 Å². The lowest BCUT2D eigenvalue weighted by molar-refractivity contribution is 0.796. The molecule has 3 rings (SSSR count). The van der Waals surface area contributed by atoms with Gasteiger partial charge in [0.15, 0.2) is 5.96 Å². The molecule has 0 aliphatic heterocycles. The molecule has 5 nitrogen and oxygen atoms in total. The summed E-state index contributed by atoms with van der Waals surface area (Å²) in [6.45, 7) is 4.49. The summed E-state index contributed by atoms with van der Waals surface area (Å²) >= 11 is 0. The Kier molecular flexibility index (Phi) is 8.40. The van der Waals surface area contributed by atoms with Crippen LogP contribution in [0.1, 0.15) is 18.2 Å². The smallest absolute Gasteiger partial charge is 0.191 e. The molecule has 0 aliphatic rings. The maximum absolute atomic E-state index is 4.64. The Bertz CT molecular complexity index is 813. The Hall–Kier alpha value is -2.09. The molecule has 0 atom stereocenters. The largest absolute Gasteiger partial charge is 0.361 e. The maximum atomic E-state index is 4.64. The standard InChI is InChI=1S/C20H25N5.HI/c1-2-21-20(24-14-11-17-7-5-6-12-22-17)23-13-10-16-15-25-19-9-4-3-8-18(16)19;/h3-9,12,15,25H,2,10-11,13-14H2,1H3,(H2,21,23,24);1H. The van der Waals surface area contributed by atoms with Crippen LogP contribution in [0.4, 0.5) is 0 Å². The molecule has 2 aromatic heterocycles. The van der Waals surface area contributed by atoms with Crippen molar-refractivity contribution in [3.8, 4) is 0 Å². The van der Waals surface area contributed by atoms with Crippen molar-refractivity contribution in [3.05, 3.63) is 66.1 Å². The fourth-order valence-corrected chi connectivity index (χ4v) is 2.82. The van der Waals surface area contributed by atoms with Gasteiger partial charge in [0.05, 0.1) is 0 Å². The van der Waals surface area contributed by atoms with E-state index in [1.807, 2.05) is 24.4 Å². The van der Waals surface area contributed by atoms with E-state index < -0.39 is 0 Å². The third-order valence-corrected chi connectivity index (χ3v) is 4.07. The summed E-state index contributed by atoms with van der Waals surface area (Å²) in [5.74, 6) is 0.860. The quantitative estimate of drug-likeness (QED) is 0.286. The molecule has 0 saturated heterocycles. The van der Waals surface area contributed by atoms with Gasteiger partial charge in [-0.1, -0.05) is 24.3 Å². The average molecular weight is 463 g/mol. The Labute approximate surface area is 171 Å². The molecule has 0 fully saturated rings. The van der Waals surface area contributed by atoms with Crippen molar-refractivity contribution in [1.82, 2.24) is 20.6 Å². The number of hydrogen-bond donors (Lipinski definition) is 3. The van der Waals surface area contributed by atoms with Crippen LogP contribution >= 0.6 is 24.0 Å². The lowest BCUT2D eigenvalue weighted by Crippen LogP contribution is -2.38. The molecule has 3 aromatic rings. The molecular formula is C20H26IN5. The van der Waals surface area contributed by atoms with Crippen LogP contribution in [0.15, 0.2) is 59.9 Å². The number of para-hydroxylation sites is 1. The number of pyridine rings is 1. The van der Waals surface area contributed by atoms with Gasteiger partial charge in [-0.25, -0.2) is 0 Å². The van der Waals surface area contributed by atoms with E-state index in [9.17, 15) is 0 Å². The van der Waals surface area contributed by atoms with E-state index in [4.69, 9.17) is 0 Å². The highest BCUT2D eigenvalue weighted by molar-refractivity contribution is 14.0. The SMILES string of the molecule is CCNC(=NCCc1ccccn1)NCCc1c[nH]c2ccccc12.I. The van der Waals surface area contributed by atoms with Gasteiger partial charge in [0, 0.05) is 55.0 Å². The first kappa shape index (κ1) is 20.2. The number of halogens is 1. The van der Waals surface area contributed by atoms with Crippen molar-refractivity contribution in [2.75, 3.05) is 19.6 Å². The highest BCUT2D eigenvalue weighted by Crippen LogP contribution is 2.17. The normalized spacial score (nSPS) is 11.2. The Balaban J connectivity index is 0.00000243. The van der Waals surface area contributed by atoms with Gasteiger partial charge in [0.25, 0.3) is 0 Å². The van der Waals surface area contributed by atoms with Crippen molar-refractivity contribution in [2.45, 2.75) is 19.8 Å². The lowest BCUT2D eigenvalue weighted by atomic mass is 10.1. The minimum atomic E-state index is 0. The second-order valence-electron chi connectivity index (χ2n) is 5.87. The first-order chi connectivity index (χ1) is 12.4. The number of aromatic amines is 1. The Morgan fingerprint density at radius 1 is 1.08 bits per heavy atom. The van der Waals surface area contributed by atoms with E-state index in [1.54, 1.807) is 0 Å². The number of rotatable bonds is 7. The zero-order chi connectivity index (χ0) is 17.3. The van der Waals surface area contributed by atoms with Gasteiger partial charge in [-0.3, -0.25) is 9.98 Å². The molecule has 26 heavy (non-hydrogen) atoms. The highest BCUT2D eigenvalue weighted by atomic mass is 127. The summed E-state index contributed by atoms with van der Waals surface area (Å²) < 4.78 is 0. The molecule has 138 valence electrons. The number of H-pyrrole nitrogens is 1. The second kappa shape index (κ2) is 10.8. The summed E-state index contributed by atoms with van der Waals surface area (Å²) in [6.07, 6.45) is 5.72. The first-order valence-corrected chi connectivity index (χ1v) is 8.84. The first-order valence-electron chi connectivity index (χ1n) is 8.84. The van der Waals surface area contributed by atoms with Crippen LogP contribution in [0.3, 0.4) is 0 Å². The highest BCUT2D eigenvalue weighted by Gasteiger charge is 2.03. The van der Waals surface area contributed by atoms with Gasteiger partial charge in [-0.2, -0.15) is 0 Å². The summed E-state index contributed by atoms with van der Waals surface area (Å²) in [4.78, 5) is 12.3. The topological polar surface area (TPSA) is 65.1 Å². The molecule has 2 heterocycles. The zero-order valence-electron chi connectivity index (χ0n) is 15.0. The predicted molar refractivity (Wildman–Crippen MR) is 119 cm³/mol. The minimum Gasteiger partial charge on any atom is -0.361 e. The summed E-state index contributed by atoms with van der Waals surface area (Å²) in [5.41, 5.74) is 3.58. The van der Waals surface area contributed by atoms with Gasteiger partial charge in [0.2, 0.25) is 0 Å². The van der Waals surface area contributed by atoms with E-state index in [0.29, 0.717) is 0 Å². The van der Waals surface area contributed by atoms with Gasteiger partial charge in [-0.05, 0) is 37.1 Å². The van der Waals surface area contributed by atoms with Crippen LogP contribution in [-0.2, 0) is 12.8 Å². The number of guanidine groups is 1. The van der Waals surface area contributed by atoms with Crippen molar-refractivity contribution >= 4 is 40.8 Å². The minimum absolute atomic E-state index is 0. The number of fused-ring (bicyclic) bond motifs is 1. The fourth-order valence-electron chi connectivity index (χ4n) is 2.82. The molecule has 0 spiro atoms. The van der Waals surface area contributed by atoms with Crippen molar-refractivity contribution < 1.29 is 0 Å². The maximum Gasteiger partial charge on any atom is 0.191 e. The second-order valence-corrected chi connectivity index (χ2v) is 5.87. The van der Waals surface area contributed by atoms with Crippen LogP contribution in [0.25, 0.3) is 10.9 Å². The number of hydrogen-bond acceptors (Lipinski definition) is 2. The molecule has 0 aliphatic carbocycles. The van der Waals surface area contributed by atoms with Crippen LogP contribution in [-0.4, -0.2) is 35.6 Å². The lowest BCUT2D eigenvalue weighted by Gasteiger charge is -2.11. The molecule has 0 bridgehead atoms. The molecular weight excluding hydrogens is 437 g/mol. The fraction of sp³-hybridized carbons (Fsp3) is 0.300. The third-order valence-electron chi connectivity index (χ3n) is 4.07. The van der Waals surface area contributed by atoms with Crippen molar-refractivity contribution in [2.24, 2.45) is 4.99 Å². The molecule has 1 aromatic carbocycles. The third kappa shape index (κ3) is 5.72. The molecule has 6 heteroatoms. The molecule has 3 N–H and O–H groups in total. The van der Waals surface area contributed by atoms with Gasteiger partial charge in [-0.15, -0.1) is 24.0 Å². The number of nitrogens with one attached hydrogen (secondary N) is 3. The number of nitrogens with zero attached hydrogens (tertiary/aromatic N) is 2. The van der Waals surface area contributed by atoms with Crippen LogP contribution in [0.5, 0.6) is 0 Å². The van der Waals surface area contributed by atoms with Crippen LogP contribution in [0, 0.1) is 0 Å². The monoisotopic (exact) mass is 463 g/mol. The van der Waals surface area contributed by atoms with Crippen molar-refractivity contribution in [1.29, 1.82) is 0 Å². The van der Waals surface area contributed by atoms with Gasteiger partial charge >= 0.3 is 0 Å². The average Bonchev–Trinajstić information content (AvgIpc) is 3.06. The molecule has 0 amide bonds. The number of benzene rings is 1. The summed E-state index contributed by atoms with van der Waals surface area (Å²) in [5, 5.41) is 8.00. The van der Waals surface area contributed by atoms with Gasteiger partial charge in [0.1, 0.15) is 0 Å². The Morgan fingerprint density at radius 3 is 2.73 bits per heavy atom. The molecule has 0 unspecified atom stereocenters. The van der Waals surface area contributed by atoms with Crippen LogP contribution < -0.4 is 10.6 Å². The van der Waals surface area contributed by atoms with Crippen LogP contribution in [0.2, 0.25) is 0 Å². The number of aromatic nitrogens is 2. The van der Waals surface area contributed by atoms with Crippen molar-refractivity contribution in [3.63, 3.8) is 0 Å². The van der Waals surface area contributed by atoms with E-state index in [0.717, 1.165) is 44.1 Å². The summed E-state index contributed by atoms with van der Waals surface area (Å²) in [7, 11) is 0.